The van der Waals surface area contributed by atoms with Gasteiger partial charge in [-0.2, -0.15) is 13.2 Å². The lowest BCUT2D eigenvalue weighted by molar-refractivity contribution is -0.136. The SMILES string of the molecule is N[C@H](CCC(F)(F)F)c1cncc(Br)c1. The summed E-state index contributed by atoms with van der Waals surface area (Å²) in [4.78, 5) is 3.84. The van der Waals surface area contributed by atoms with Crippen molar-refractivity contribution >= 4 is 15.9 Å². The summed E-state index contributed by atoms with van der Waals surface area (Å²) in [6.07, 6.45) is -2.12. The maximum atomic E-state index is 11.9. The minimum atomic E-state index is -4.16. The van der Waals surface area contributed by atoms with Gasteiger partial charge < -0.3 is 5.73 Å². The van der Waals surface area contributed by atoms with Crippen molar-refractivity contribution < 1.29 is 13.2 Å². The molecule has 2 N–H and O–H groups in total. The molecule has 1 aromatic rings. The van der Waals surface area contributed by atoms with Crippen LogP contribution in [-0.4, -0.2) is 11.2 Å². The fraction of sp³-hybridized carbons (Fsp3) is 0.444. The summed E-state index contributed by atoms with van der Waals surface area (Å²) < 4.78 is 36.5. The van der Waals surface area contributed by atoms with Crippen LogP contribution in [0, 0.1) is 0 Å². The molecule has 0 amide bonds. The summed E-state index contributed by atoms with van der Waals surface area (Å²) in [5.74, 6) is 0. The van der Waals surface area contributed by atoms with Crippen LogP contribution < -0.4 is 5.73 Å². The third kappa shape index (κ3) is 4.61. The van der Waals surface area contributed by atoms with Gasteiger partial charge in [0.15, 0.2) is 0 Å². The monoisotopic (exact) mass is 282 g/mol. The van der Waals surface area contributed by atoms with Gasteiger partial charge in [-0.15, -0.1) is 0 Å². The number of nitrogens with zero attached hydrogens (tertiary/aromatic N) is 1. The highest BCUT2D eigenvalue weighted by Crippen LogP contribution is 2.26. The molecule has 0 aliphatic rings. The molecule has 84 valence electrons. The molecule has 0 aliphatic heterocycles. The Balaban J connectivity index is 2.58. The standard InChI is InChI=1S/C9H10BrF3N2/c10-7-3-6(4-15-5-7)8(14)1-2-9(11,12)13/h3-5,8H,1-2,14H2/t8-/m1/s1. The Morgan fingerprint density at radius 1 is 1.40 bits per heavy atom. The van der Waals surface area contributed by atoms with E-state index in [1.807, 2.05) is 0 Å². The van der Waals surface area contributed by atoms with E-state index in [1.54, 1.807) is 12.3 Å². The minimum Gasteiger partial charge on any atom is -0.324 e. The van der Waals surface area contributed by atoms with E-state index in [1.165, 1.54) is 6.20 Å². The first-order chi connectivity index (χ1) is 6.88. The Kier molecular flexibility index (Phi) is 4.10. The molecule has 0 spiro atoms. The summed E-state index contributed by atoms with van der Waals surface area (Å²) in [7, 11) is 0. The van der Waals surface area contributed by atoms with Crippen LogP contribution in [0.5, 0.6) is 0 Å². The van der Waals surface area contributed by atoms with Crippen LogP contribution in [0.4, 0.5) is 13.2 Å². The van der Waals surface area contributed by atoms with Crippen LogP contribution in [0.2, 0.25) is 0 Å². The maximum absolute atomic E-state index is 11.9. The highest BCUT2D eigenvalue weighted by Gasteiger charge is 2.27. The molecular weight excluding hydrogens is 273 g/mol. The van der Waals surface area contributed by atoms with Crippen LogP contribution in [0.3, 0.4) is 0 Å². The van der Waals surface area contributed by atoms with Crippen molar-refractivity contribution in [3.63, 3.8) is 0 Å². The molecule has 0 aliphatic carbocycles. The average molecular weight is 283 g/mol. The number of alkyl halides is 3. The Hall–Kier alpha value is -0.620. The zero-order valence-corrected chi connectivity index (χ0v) is 9.35. The summed E-state index contributed by atoms with van der Waals surface area (Å²) in [5, 5.41) is 0. The Labute approximate surface area is 93.8 Å². The summed E-state index contributed by atoms with van der Waals surface area (Å²) >= 11 is 3.18. The molecule has 1 atom stereocenters. The van der Waals surface area contributed by atoms with Gasteiger partial charge in [0, 0.05) is 29.3 Å². The molecule has 2 nitrogen and oxygen atoms in total. The molecule has 0 unspecified atom stereocenters. The molecule has 1 heterocycles. The van der Waals surface area contributed by atoms with E-state index in [2.05, 4.69) is 20.9 Å². The van der Waals surface area contributed by atoms with Gasteiger partial charge in [-0.05, 0) is 34.0 Å². The topological polar surface area (TPSA) is 38.9 Å². The van der Waals surface area contributed by atoms with Crippen molar-refractivity contribution in [2.24, 2.45) is 5.73 Å². The molecule has 0 saturated heterocycles. The first-order valence-corrected chi connectivity index (χ1v) is 5.10. The molecular formula is C9H10BrF3N2. The summed E-state index contributed by atoms with van der Waals surface area (Å²) in [5.41, 5.74) is 6.22. The van der Waals surface area contributed by atoms with Crippen molar-refractivity contribution in [2.45, 2.75) is 25.1 Å². The van der Waals surface area contributed by atoms with E-state index in [0.717, 1.165) is 0 Å². The zero-order chi connectivity index (χ0) is 11.5. The van der Waals surface area contributed by atoms with Crippen LogP contribution in [0.1, 0.15) is 24.4 Å². The van der Waals surface area contributed by atoms with Gasteiger partial charge in [0.05, 0.1) is 0 Å². The normalized spacial score (nSPS) is 13.9. The second-order valence-corrected chi connectivity index (χ2v) is 4.11. The van der Waals surface area contributed by atoms with Gasteiger partial charge in [0.2, 0.25) is 0 Å². The second-order valence-electron chi connectivity index (χ2n) is 3.20. The lowest BCUT2D eigenvalue weighted by Crippen LogP contribution is -2.15. The van der Waals surface area contributed by atoms with Crippen LogP contribution in [0.15, 0.2) is 22.9 Å². The van der Waals surface area contributed by atoms with Gasteiger partial charge in [-0.25, -0.2) is 0 Å². The van der Waals surface area contributed by atoms with E-state index in [4.69, 9.17) is 5.73 Å². The second kappa shape index (κ2) is 4.94. The third-order valence-electron chi connectivity index (χ3n) is 1.89. The molecule has 6 heteroatoms. The first-order valence-electron chi connectivity index (χ1n) is 4.31. The van der Waals surface area contributed by atoms with E-state index in [0.29, 0.717) is 10.0 Å². The van der Waals surface area contributed by atoms with Crippen molar-refractivity contribution in [3.05, 3.63) is 28.5 Å². The first kappa shape index (κ1) is 12.4. The molecule has 0 aromatic carbocycles. The average Bonchev–Trinajstić information content (AvgIpc) is 2.13. The Morgan fingerprint density at radius 3 is 2.60 bits per heavy atom. The van der Waals surface area contributed by atoms with Crippen molar-refractivity contribution in [1.82, 2.24) is 4.98 Å². The van der Waals surface area contributed by atoms with Crippen LogP contribution in [-0.2, 0) is 0 Å². The smallest absolute Gasteiger partial charge is 0.324 e. The quantitative estimate of drug-likeness (QED) is 0.925. The molecule has 1 aromatic heterocycles. The van der Waals surface area contributed by atoms with Crippen LogP contribution in [0.25, 0.3) is 0 Å². The van der Waals surface area contributed by atoms with E-state index >= 15 is 0 Å². The van der Waals surface area contributed by atoms with Crippen LogP contribution >= 0.6 is 15.9 Å². The van der Waals surface area contributed by atoms with E-state index in [9.17, 15) is 13.2 Å². The Morgan fingerprint density at radius 2 is 2.07 bits per heavy atom. The number of nitrogens with two attached hydrogens (primary N) is 1. The van der Waals surface area contributed by atoms with Gasteiger partial charge in [-0.1, -0.05) is 0 Å². The third-order valence-corrected chi connectivity index (χ3v) is 2.33. The number of aromatic nitrogens is 1. The van der Waals surface area contributed by atoms with Crippen molar-refractivity contribution in [1.29, 1.82) is 0 Å². The fourth-order valence-corrected chi connectivity index (χ4v) is 1.50. The lowest BCUT2D eigenvalue weighted by Gasteiger charge is -2.13. The molecule has 0 saturated carbocycles. The number of hydrogen-bond donors (Lipinski definition) is 1. The molecule has 0 radical (unpaired) electrons. The summed E-state index contributed by atoms with van der Waals surface area (Å²) in [6, 6.07) is 1.05. The predicted octanol–water partition coefficient (Wildman–Crippen LogP) is 3.19. The molecule has 0 fully saturated rings. The van der Waals surface area contributed by atoms with Gasteiger partial charge in [-0.3, -0.25) is 4.98 Å². The van der Waals surface area contributed by atoms with Gasteiger partial charge in [0.1, 0.15) is 0 Å². The number of rotatable bonds is 3. The van der Waals surface area contributed by atoms with E-state index < -0.39 is 18.6 Å². The zero-order valence-electron chi connectivity index (χ0n) is 7.76. The lowest BCUT2D eigenvalue weighted by atomic mass is 10.1. The maximum Gasteiger partial charge on any atom is 0.389 e. The fourth-order valence-electron chi connectivity index (χ4n) is 1.12. The highest BCUT2D eigenvalue weighted by atomic mass is 79.9. The molecule has 15 heavy (non-hydrogen) atoms. The predicted molar refractivity (Wildman–Crippen MR) is 54.2 cm³/mol. The molecule has 1 rings (SSSR count). The van der Waals surface area contributed by atoms with Crippen molar-refractivity contribution in [3.8, 4) is 0 Å². The Bertz CT molecular complexity index is 327. The van der Waals surface area contributed by atoms with Crippen molar-refractivity contribution in [2.75, 3.05) is 0 Å². The van der Waals surface area contributed by atoms with E-state index in [-0.39, 0.29) is 6.42 Å². The largest absolute Gasteiger partial charge is 0.389 e. The number of pyridine rings is 1. The van der Waals surface area contributed by atoms with Gasteiger partial charge in [0.25, 0.3) is 0 Å². The number of halogens is 4. The highest BCUT2D eigenvalue weighted by molar-refractivity contribution is 9.10. The minimum absolute atomic E-state index is 0.123. The molecule has 0 bridgehead atoms. The summed E-state index contributed by atoms with van der Waals surface area (Å²) in [6.45, 7) is 0. The van der Waals surface area contributed by atoms with Gasteiger partial charge >= 0.3 is 6.18 Å². The number of hydrogen-bond acceptors (Lipinski definition) is 2.